The maximum absolute atomic E-state index is 10.8. The molecule has 0 aliphatic heterocycles. The molecule has 4 nitrogen and oxygen atoms in total. The summed E-state index contributed by atoms with van der Waals surface area (Å²) in [6.07, 6.45) is -0.384. The van der Waals surface area contributed by atoms with Crippen molar-refractivity contribution in [3.63, 3.8) is 0 Å². The summed E-state index contributed by atoms with van der Waals surface area (Å²) in [6, 6.07) is 0.0309. The van der Waals surface area contributed by atoms with E-state index in [1.165, 1.54) is 0 Å². The van der Waals surface area contributed by atoms with E-state index in [1.54, 1.807) is 12.3 Å². The molecule has 1 aromatic heterocycles. The van der Waals surface area contributed by atoms with Crippen molar-refractivity contribution in [2.24, 2.45) is 0 Å². The SMILES string of the molecule is CC(O)C(C)NCc1csc(=O)[nH]1. The van der Waals surface area contributed by atoms with Crippen molar-refractivity contribution in [2.75, 3.05) is 0 Å². The molecule has 0 spiro atoms. The van der Waals surface area contributed by atoms with Crippen molar-refractivity contribution < 1.29 is 5.11 Å². The molecule has 0 aliphatic carbocycles. The van der Waals surface area contributed by atoms with Gasteiger partial charge in [0.2, 0.25) is 0 Å². The molecule has 1 rings (SSSR count). The molecule has 13 heavy (non-hydrogen) atoms. The first-order valence-corrected chi connectivity index (χ1v) is 5.05. The van der Waals surface area contributed by atoms with Crippen LogP contribution in [0.3, 0.4) is 0 Å². The van der Waals surface area contributed by atoms with Gasteiger partial charge < -0.3 is 15.4 Å². The van der Waals surface area contributed by atoms with E-state index in [9.17, 15) is 9.90 Å². The van der Waals surface area contributed by atoms with Gasteiger partial charge in [-0.3, -0.25) is 4.79 Å². The number of aliphatic hydroxyl groups excluding tert-OH is 1. The van der Waals surface area contributed by atoms with Gasteiger partial charge in [0, 0.05) is 23.7 Å². The Hall–Kier alpha value is -0.650. The molecular formula is C8H14N2O2S. The number of thiazole rings is 1. The van der Waals surface area contributed by atoms with Crippen molar-refractivity contribution in [1.82, 2.24) is 10.3 Å². The molecule has 0 saturated carbocycles. The highest BCUT2D eigenvalue weighted by Gasteiger charge is 2.07. The highest BCUT2D eigenvalue weighted by molar-refractivity contribution is 7.07. The molecule has 1 heterocycles. The quantitative estimate of drug-likeness (QED) is 0.657. The maximum atomic E-state index is 10.8. The molecule has 5 heteroatoms. The Labute approximate surface area is 80.6 Å². The number of aliphatic hydroxyl groups is 1. The van der Waals surface area contributed by atoms with Gasteiger partial charge in [0.25, 0.3) is 0 Å². The van der Waals surface area contributed by atoms with Crippen LogP contribution in [0.4, 0.5) is 0 Å². The van der Waals surface area contributed by atoms with Gasteiger partial charge in [-0.05, 0) is 13.8 Å². The third kappa shape index (κ3) is 3.30. The van der Waals surface area contributed by atoms with Crippen LogP contribution in [0.2, 0.25) is 0 Å². The van der Waals surface area contributed by atoms with Crippen molar-refractivity contribution in [3.05, 3.63) is 20.7 Å². The third-order valence-corrected chi connectivity index (χ3v) is 2.63. The molecular weight excluding hydrogens is 188 g/mol. The van der Waals surface area contributed by atoms with Crippen LogP contribution in [0.25, 0.3) is 0 Å². The minimum atomic E-state index is -0.384. The second-order valence-corrected chi connectivity index (χ2v) is 3.93. The Kier molecular flexibility index (Phi) is 3.65. The van der Waals surface area contributed by atoms with E-state index in [-0.39, 0.29) is 17.0 Å². The number of aromatic nitrogens is 1. The Bertz CT molecular complexity index is 305. The van der Waals surface area contributed by atoms with Gasteiger partial charge in [0.05, 0.1) is 6.10 Å². The molecule has 0 aromatic carbocycles. The average Bonchev–Trinajstić information content (AvgIpc) is 2.47. The first-order chi connectivity index (χ1) is 6.09. The van der Waals surface area contributed by atoms with E-state index >= 15 is 0 Å². The lowest BCUT2D eigenvalue weighted by Crippen LogP contribution is -2.35. The highest BCUT2D eigenvalue weighted by atomic mass is 32.1. The fraction of sp³-hybridized carbons (Fsp3) is 0.625. The Morgan fingerprint density at radius 3 is 2.85 bits per heavy atom. The molecule has 2 atom stereocenters. The fourth-order valence-corrected chi connectivity index (χ4v) is 1.42. The Balaban J connectivity index is 2.39. The van der Waals surface area contributed by atoms with Gasteiger partial charge in [-0.15, -0.1) is 0 Å². The predicted octanol–water partition coefficient (Wildman–Crippen LogP) is 0.295. The summed E-state index contributed by atoms with van der Waals surface area (Å²) in [7, 11) is 0. The molecule has 0 radical (unpaired) electrons. The van der Waals surface area contributed by atoms with E-state index in [0.29, 0.717) is 6.54 Å². The molecule has 0 amide bonds. The lowest BCUT2D eigenvalue weighted by Gasteiger charge is -2.15. The monoisotopic (exact) mass is 202 g/mol. The van der Waals surface area contributed by atoms with Crippen LogP contribution < -0.4 is 10.2 Å². The van der Waals surface area contributed by atoms with Crippen LogP contribution in [0.1, 0.15) is 19.5 Å². The van der Waals surface area contributed by atoms with E-state index in [2.05, 4.69) is 10.3 Å². The van der Waals surface area contributed by atoms with Crippen molar-refractivity contribution in [2.45, 2.75) is 32.5 Å². The summed E-state index contributed by atoms with van der Waals surface area (Å²) in [4.78, 5) is 13.4. The van der Waals surface area contributed by atoms with E-state index in [0.717, 1.165) is 17.0 Å². The smallest absolute Gasteiger partial charge is 0.304 e. The lowest BCUT2D eigenvalue weighted by molar-refractivity contribution is 0.152. The van der Waals surface area contributed by atoms with Gasteiger partial charge in [-0.2, -0.15) is 0 Å². The highest BCUT2D eigenvalue weighted by Crippen LogP contribution is 1.97. The molecule has 74 valence electrons. The van der Waals surface area contributed by atoms with E-state index in [1.807, 2.05) is 6.92 Å². The van der Waals surface area contributed by atoms with Gasteiger partial charge in [0.1, 0.15) is 0 Å². The van der Waals surface area contributed by atoms with Crippen LogP contribution in [-0.2, 0) is 6.54 Å². The van der Waals surface area contributed by atoms with Gasteiger partial charge in [-0.1, -0.05) is 11.3 Å². The van der Waals surface area contributed by atoms with Gasteiger partial charge >= 0.3 is 4.87 Å². The summed E-state index contributed by atoms with van der Waals surface area (Å²) in [5, 5.41) is 14.1. The fourth-order valence-electron chi connectivity index (χ4n) is 0.842. The van der Waals surface area contributed by atoms with Crippen LogP contribution in [0.5, 0.6) is 0 Å². The Morgan fingerprint density at radius 1 is 1.69 bits per heavy atom. The number of aromatic amines is 1. The average molecular weight is 202 g/mol. The standard InChI is InChI=1S/C8H14N2O2S/c1-5(6(2)11)9-3-7-4-13-8(12)10-7/h4-6,9,11H,3H2,1-2H3,(H,10,12). The predicted molar refractivity (Wildman–Crippen MR) is 52.9 cm³/mol. The topological polar surface area (TPSA) is 65.1 Å². The normalized spacial score (nSPS) is 15.6. The summed E-state index contributed by atoms with van der Waals surface area (Å²) in [5.74, 6) is 0. The second kappa shape index (κ2) is 4.55. The zero-order valence-electron chi connectivity index (χ0n) is 7.70. The van der Waals surface area contributed by atoms with Crippen LogP contribution in [0, 0.1) is 0 Å². The van der Waals surface area contributed by atoms with Crippen molar-refractivity contribution in [3.8, 4) is 0 Å². The van der Waals surface area contributed by atoms with Crippen LogP contribution >= 0.6 is 11.3 Å². The lowest BCUT2D eigenvalue weighted by atomic mass is 10.2. The molecule has 2 unspecified atom stereocenters. The number of hydrogen-bond donors (Lipinski definition) is 3. The zero-order chi connectivity index (χ0) is 9.84. The first kappa shape index (κ1) is 10.4. The van der Waals surface area contributed by atoms with E-state index < -0.39 is 0 Å². The number of H-pyrrole nitrogens is 1. The molecule has 1 aromatic rings. The largest absolute Gasteiger partial charge is 0.392 e. The Morgan fingerprint density at radius 2 is 2.38 bits per heavy atom. The van der Waals surface area contributed by atoms with Gasteiger partial charge in [0.15, 0.2) is 0 Å². The number of hydrogen-bond acceptors (Lipinski definition) is 4. The van der Waals surface area contributed by atoms with Crippen LogP contribution in [0.15, 0.2) is 10.2 Å². The molecule has 0 aliphatic rings. The van der Waals surface area contributed by atoms with Crippen molar-refractivity contribution in [1.29, 1.82) is 0 Å². The van der Waals surface area contributed by atoms with Crippen molar-refractivity contribution >= 4 is 11.3 Å². The van der Waals surface area contributed by atoms with Gasteiger partial charge in [-0.25, -0.2) is 0 Å². The second-order valence-electron chi connectivity index (χ2n) is 3.08. The molecule has 3 N–H and O–H groups in total. The third-order valence-electron chi connectivity index (χ3n) is 1.91. The van der Waals surface area contributed by atoms with Crippen LogP contribution in [-0.4, -0.2) is 22.2 Å². The molecule has 0 bridgehead atoms. The summed E-state index contributed by atoms with van der Waals surface area (Å²) < 4.78 is 0. The summed E-state index contributed by atoms with van der Waals surface area (Å²) >= 11 is 1.15. The molecule has 0 fully saturated rings. The van der Waals surface area contributed by atoms with E-state index in [4.69, 9.17) is 0 Å². The minimum Gasteiger partial charge on any atom is -0.392 e. The molecule has 0 saturated heterocycles. The number of nitrogens with one attached hydrogen (secondary N) is 2. The summed E-state index contributed by atoms with van der Waals surface area (Å²) in [5.41, 5.74) is 0.863. The zero-order valence-corrected chi connectivity index (χ0v) is 8.52. The first-order valence-electron chi connectivity index (χ1n) is 4.17. The number of rotatable bonds is 4. The maximum Gasteiger partial charge on any atom is 0.304 e. The minimum absolute atomic E-state index is 0.0309. The summed E-state index contributed by atoms with van der Waals surface area (Å²) in [6.45, 7) is 4.22.